The predicted molar refractivity (Wildman–Crippen MR) is 78.0 cm³/mol. The van der Waals surface area contributed by atoms with Gasteiger partial charge in [0, 0.05) is 31.8 Å². The van der Waals surface area contributed by atoms with Crippen LogP contribution >= 0.6 is 0 Å². The molecule has 0 aliphatic carbocycles. The van der Waals surface area contributed by atoms with E-state index in [1.165, 1.54) is 6.92 Å². The van der Waals surface area contributed by atoms with Crippen molar-refractivity contribution < 1.29 is 14.3 Å². The summed E-state index contributed by atoms with van der Waals surface area (Å²) in [5.74, 6) is 0.772. The number of hydrogen-bond acceptors (Lipinski definition) is 4. The van der Waals surface area contributed by atoms with Crippen molar-refractivity contribution in [2.24, 2.45) is 0 Å². The molecule has 0 unspecified atom stereocenters. The van der Waals surface area contributed by atoms with Crippen LogP contribution in [-0.4, -0.2) is 56.3 Å². The second-order valence-corrected chi connectivity index (χ2v) is 5.04. The van der Waals surface area contributed by atoms with Gasteiger partial charge in [-0.2, -0.15) is 0 Å². The van der Waals surface area contributed by atoms with Crippen molar-refractivity contribution in [2.75, 3.05) is 34.8 Å². The quantitative estimate of drug-likeness (QED) is 0.738. The molecule has 5 heteroatoms. The van der Waals surface area contributed by atoms with Crippen LogP contribution < -0.4 is 4.74 Å². The van der Waals surface area contributed by atoms with E-state index in [1.54, 1.807) is 38.2 Å². The fourth-order valence-corrected chi connectivity index (χ4v) is 1.84. The third-order valence-electron chi connectivity index (χ3n) is 3.03. The van der Waals surface area contributed by atoms with E-state index < -0.39 is 0 Å². The Kier molecular flexibility index (Phi) is 5.70. The van der Waals surface area contributed by atoms with Crippen LogP contribution in [0.4, 0.5) is 0 Å². The molecule has 0 fully saturated rings. The first-order chi connectivity index (χ1) is 9.35. The standard InChI is InChI=1S/C15H22N2O3/c1-11(18)12-6-7-14(20-5)13(8-12)9-17(4)10-15(19)16(2)3/h6-8H,9-10H2,1-5H3. The van der Waals surface area contributed by atoms with Gasteiger partial charge in [0.2, 0.25) is 5.91 Å². The number of methoxy groups -OCH3 is 1. The zero-order chi connectivity index (χ0) is 15.3. The maximum atomic E-state index is 11.7. The zero-order valence-electron chi connectivity index (χ0n) is 12.8. The first-order valence-electron chi connectivity index (χ1n) is 6.41. The fourth-order valence-electron chi connectivity index (χ4n) is 1.84. The SMILES string of the molecule is COc1ccc(C(C)=O)cc1CN(C)CC(=O)N(C)C. The highest BCUT2D eigenvalue weighted by Gasteiger charge is 2.12. The van der Waals surface area contributed by atoms with E-state index in [9.17, 15) is 9.59 Å². The third kappa shape index (κ3) is 4.35. The van der Waals surface area contributed by atoms with Gasteiger partial charge in [0.15, 0.2) is 5.78 Å². The van der Waals surface area contributed by atoms with Crippen molar-refractivity contribution >= 4 is 11.7 Å². The molecule has 0 saturated heterocycles. The molecule has 0 saturated carbocycles. The molecule has 1 aromatic rings. The van der Waals surface area contributed by atoms with Crippen LogP contribution in [0.3, 0.4) is 0 Å². The Bertz CT molecular complexity index is 498. The van der Waals surface area contributed by atoms with Gasteiger partial charge in [-0.3, -0.25) is 14.5 Å². The molecule has 5 nitrogen and oxygen atoms in total. The summed E-state index contributed by atoms with van der Waals surface area (Å²) in [6.45, 7) is 2.40. The van der Waals surface area contributed by atoms with Gasteiger partial charge >= 0.3 is 0 Å². The van der Waals surface area contributed by atoms with Gasteiger partial charge in [-0.05, 0) is 32.2 Å². The van der Waals surface area contributed by atoms with Gasteiger partial charge < -0.3 is 9.64 Å². The first-order valence-corrected chi connectivity index (χ1v) is 6.41. The molecular weight excluding hydrogens is 256 g/mol. The molecule has 0 spiro atoms. The van der Waals surface area contributed by atoms with Crippen LogP contribution in [-0.2, 0) is 11.3 Å². The summed E-state index contributed by atoms with van der Waals surface area (Å²) in [5.41, 5.74) is 1.54. The highest BCUT2D eigenvalue weighted by atomic mass is 16.5. The minimum Gasteiger partial charge on any atom is -0.496 e. The number of ether oxygens (including phenoxy) is 1. The minimum absolute atomic E-state index is 0.0147. The lowest BCUT2D eigenvalue weighted by atomic mass is 10.1. The van der Waals surface area contributed by atoms with Crippen molar-refractivity contribution in [3.63, 3.8) is 0 Å². The Hall–Kier alpha value is -1.88. The Balaban J connectivity index is 2.86. The molecule has 0 atom stereocenters. The Morgan fingerprint density at radius 3 is 2.35 bits per heavy atom. The van der Waals surface area contributed by atoms with E-state index in [0.29, 0.717) is 18.7 Å². The van der Waals surface area contributed by atoms with E-state index >= 15 is 0 Å². The molecule has 0 radical (unpaired) electrons. The molecule has 1 aromatic carbocycles. The summed E-state index contributed by atoms with van der Waals surface area (Å²) in [6, 6.07) is 5.35. The number of benzene rings is 1. The maximum absolute atomic E-state index is 11.7. The lowest BCUT2D eigenvalue weighted by Crippen LogP contribution is -2.34. The fraction of sp³-hybridized carbons (Fsp3) is 0.467. The van der Waals surface area contributed by atoms with Gasteiger partial charge in [0.25, 0.3) is 0 Å². The average molecular weight is 278 g/mol. The molecule has 0 aliphatic heterocycles. The first kappa shape index (κ1) is 16.2. The molecule has 0 N–H and O–H groups in total. The number of amides is 1. The number of hydrogen-bond donors (Lipinski definition) is 0. The van der Waals surface area contributed by atoms with Crippen LogP contribution in [0.2, 0.25) is 0 Å². The molecule has 0 aromatic heterocycles. The number of carbonyl (C=O) groups is 2. The molecule has 1 rings (SSSR count). The lowest BCUT2D eigenvalue weighted by molar-refractivity contribution is -0.129. The van der Waals surface area contributed by atoms with Gasteiger partial charge in [-0.1, -0.05) is 0 Å². The van der Waals surface area contributed by atoms with Crippen molar-refractivity contribution in [1.82, 2.24) is 9.80 Å². The van der Waals surface area contributed by atoms with Crippen LogP contribution in [0.1, 0.15) is 22.8 Å². The molecule has 0 heterocycles. The second-order valence-electron chi connectivity index (χ2n) is 5.04. The number of likely N-dealkylation sites (N-methyl/N-ethyl adjacent to an activating group) is 2. The van der Waals surface area contributed by atoms with Gasteiger partial charge in [-0.15, -0.1) is 0 Å². The summed E-state index contributed by atoms with van der Waals surface area (Å²) in [6.07, 6.45) is 0. The molecular formula is C15H22N2O3. The topological polar surface area (TPSA) is 49.9 Å². The summed E-state index contributed by atoms with van der Waals surface area (Å²) in [4.78, 5) is 26.6. The third-order valence-corrected chi connectivity index (χ3v) is 3.03. The van der Waals surface area contributed by atoms with Crippen LogP contribution in [0.5, 0.6) is 5.75 Å². The number of ketones is 1. The molecule has 1 amide bonds. The van der Waals surface area contributed by atoms with Crippen LogP contribution in [0.25, 0.3) is 0 Å². The smallest absolute Gasteiger partial charge is 0.236 e. The predicted octanol–water partition coefficient (Wildman–Crippen LogP) is 1.42. The largest absolute Gasteiger partial charge is 0.496 e. The summed E-state index contributed by atoms with van der Waals surface area (Å²) in [5, 5.41) is 0. The molecule has 110 valence electrons. The van der Waals surface area contributed by atoms with E-state index in [4.69, 9.17) is 4.74 Å². The van der Waals surface area contributed by atoms with Crippen LogP contribution in [0.15, 0.2) is 18.2 Å². The maximum Gasteiger partial charge on any atom is 0.236 e. The molecule has 0 aliphatic rings. The average Bonchev–Trinajstić information content (AvgIpc) is 2.38. The zero-order valence-corrected chi connectivity index (χ0v) is 12.8. The second kappa shape index (κ2) is 7.05. The summed E-state index contributed by atoms with van der Waals surface area (Å²) < 4.78 is 5.30. The van der Waals surface area contributed by atoms with E-state index in [0.717, 1.165) is 11.3 Å². The monoisotopic (exact) mass is 278 g/mol. The highest BCUT2D eigenvalue weighted by molar-refractivity contribution is 5.94. The summed E-state index contributed by atoms with van der Waals surface area (Å²) >= 11 is 0. The summed E-state index contributed by atoms with van der Waals surface area (Å²) in [7, 11) is 6.92. The van der Waals surface area contributed by atoms with E-state index in [2.05, 4.69) is 0 Å². The van der Waals surface area contributed by atoms with E-state index in [1.807, 2.05) is 18.0 Å². The van der Waals surface area contributed by atoms with Gasteiger partial charge in [-0.25, -0.2) is 0 Å². The van der Waals surface area contributed by atoms with Crippen LogP contribution in [0, 0.1) is 0 Å². The van der Waals surface area contributed by atoms with E-state index in [-0.39, 0.29) is 11.7 Å². The number of carbonyl (C=O) groups excluding carboxylic acids is 2. The minimum atomic E-state index is 0.0147. The Morgan fingerprint density at radius 1 is 1.20 bits per heavy atom. The number of nitrogens with zero attached hydrogens (tertiary/aromatic N) is 2. The van der Waals surface area contributed by atoms with Crippen molar-refractivity contribution in [3.8, 4) is 5.75 Å². The van der Waals surface area contributed by atoms with Gasteiger partial charge in [0.1, 0.15) is 5.75 Å². The number of Topliss-reactive ketones (excluding diaryl/α,β-unsaturated/α-hetero) is 1. The van der Waals surface area contributed by atoms with Crippen molar-refractivity contribution in [3.05, 3.63) is 29.3 Å². The lowest BCUT2D eigenvalue weighted by Gasteiger charge is -2.20. The number of rotatable bonds is 6. The Labute approximate surface area is 120 Å². The molecule has 0 bridgehead atoms. The van der Waals surface area contributed by atoms with Gasteiger partial charge in [0.05, 0.1) is 13.7 Å². The molecule has 20 heavy (non-hydrogen) atoms. The van der Waals surface area contributed by atoms with Crippen molar-refractivity contribution in [1.29, 1.82) is 0 Å². The van der Waals surface area contributed by atoms with Crippen molar-refractivity contribution in [2.45, 2.75) is 13.5 Å². The highest BCUT2D eigenvalue weighted by Crippen LogP contribution is 2.21. The normalized spacial score (nSPS) is 10.5. The Morgan fingerprint density at radius 2 is 1.85 bits per heavy atom.